The van der Waals surface area contributed by atoms with Gasteiger partial charge in [0.2, 0.25) is 0 Å². The molecule has 1 aromatic carbocycles. The van der Waals surface area contributed by atoms with Crippen molar-refractivity contribution in [1.82, 2.24) is 5.32 Å². The average molecular weight is 237 g/mol. The van der Waals surface area contributed by atoms with Gasteiger partial charge in [0.25, 0.3) is 0 Å². The van der Waals surface area contributed by atoms with Gasteiger partial charge in [0.1, 0.15) is 0 Å². The third-order valence-corrected chi connectivity index (χ3v) is 2.99. The molecule has 0 saturated heterocycles. The zero-order chi connectivity index (χ0) is 12.6. The summed E-state index contributed by atoms with van der Waals surface area (Å²) in [7, 11) is 0. The summed E-state index contributed by atoms with van der Waals surface area (Å²) in [6.45, 7) is 6.30. The van der Waals surface area contributed by atoms with Gasteiger partial charge in [0.15, 0.2) is 0 Å². The summed E-state index contributed by atoms with van der Waals surface area (Å²) in [4.78, 5) is 0. The van der Waals surface area contributed by atoms with E-state index in [1.807, 2.05) is 44.2 Å². The van der Waals surface area contributed by atoms with E-state index in [-0.39, 0.29) is 12.1 Å². The minimum Gasteiger partial charge on any atom is -0.394 e. The normalized spacial score (nSPS) is 14.5. The van der Waals surface area contributed by atoms with Gasteiger partial charge >= 0.3 is 0 Å². The second kappa shape index (κ2) is 7.43. The number of benzene rings is 1. The zero-order valence-corrected chi connectivity index (χ0v) is 10.8. The van der Waals surface area contributed by atoms with Crippen LogP contribution in [0.15, 0.2) is 30.3 Å². The van der Waals surface area contributed by atoms with Crippen molar-refractivity contribution in [2.75, 3.05) is 26.4 Å². The van der Waals surface area contributed by atoms with Gasteiger partial charge in [0, 0.05) is 13.2 Å². The van der Waals surface area contributed by atoms with Gasteiger partial charge in [-0.1, -0.05) is 37.3 Å². The molecule has 0 saturated carbocycles. The Morgan fingerprint density at radius 1 is 1.24 bits per heavy atom. The lowest BCUT2D eigenvalue weighted by Crippen LogP contribution is -2.46. The first-order valence-electron chi connectivity index (χ1n) is 6.28. The second-order valence-corrected chi connectivity index (χ2v) is 4.08. The van der Waals surface area contributed by atoms with Crippen LogP contribution in [-0.2, 0) is 10.3 Å². The van der Waals surface area contributed by atoms with Gasteiger partial charge in [0.05, 0.1) is 12.1 Å². The molecule has 0 aliphatic heterocycles. The lowest BCUT2D eigenvalue weighted by atomic mass is 9.87. The molecule has 0 radical (unpaired) electrons. The van der Waals surface area contributed by atoms with Crippen molar-refractivity contribution >= 4 is 0 Å². The summed E-state index contributed by atoms with van der Waals surface area (Å²) in [5.74, 6) is 0. The highest BCUT2D eigenvalue weighted by Gasteiger charge is 2.29. The summed E-state index contributed by atoms with van der Waals surface area (Å²) in [6, 6.07) is 10.1. The quantitative estimate of drug-likeness (QED) is 0.679. The van der Waals surface area contributed by atoms with Gasteiger partial charge < -0.3 is 15.2 Å². The summed E-state index contributed by atoms with van der Waals surface area (Å²) in [6.07, 6.45) is 0.773. The van der Waals surface area contributed by atoms with Gasteiger partial charge in [-0.3, -0.25) is 0 Å². The molecule has 1 unspecified atom stereocenters. The largest absolute Gasteiger partial charge is 0.394 e. The molecule has 17 heavy (non-hydrogen) atoms. The Balaban J connectivity index is 2.83. The molecule has 0 bridgehead atoms. The molecule has 1 rings (SSSR count). The van der Waals surface area contributed by atoms with Crippen LogP contribution < -0.4 is 5.32 Å². The molecule has 3 heteroatoms. The summed E-state index contributed by atoms with van der Waals surface area (Å²) < 4.78 is 5.41. The highest BCUT2D eigenvalue weighted by Crippen LogP contribution is 2.24. The zero-order valence-electron chi connectivity index (χ0n) is 10.8. The summed E-state index contributed by atoms with van der Waals surface area (Å²) >= 11 is 0. The van der Waals surface area contributed by atoms with E-state index in [1.54, 1.807) is 0 Å². The predicted octanol–water partition coefficient (Wildman–Crippen LogP) is 1.91. The van der Waals surface area contributed by atoms with Crippen molar-refractivity contribution < 1.29 is 9.84 Å². The smallest absolute Gasteiger partial charge is 0.0691 e. The highest BCUT2D eigenvalue weighted by molar-refractivity contribution is 5.24. The number of hydrogen-bond donors (Lipinski definition) is 2. The first-order chi connectivity index (χ1) is 8.29. The maximum Gasteiger partial charge on any atom is 0.0691 e. The average Bonchev–Trinajstić information content (AvgIpc) is 2.39. The van der Waals surface area contributed by atoms with Crippen molar-refractivity contribution in [3.8, 4) is 0 Å². The van der Waals surface area contributed by atoms with Crippen LogP contribution >= 0.6 is 0 Å². The van der Waals surface area contributed by atoms with Crippen LogP contribution in [0.4, 0.5) is 0 Å². The first-order valence-corrected chi connectivity index (χ1v) is 6.28. The Morgan fingerprint density at radius 3 is 2.47 bits per heavy atom. The highest BCUT2D eigenvalue weighted by atomic mass is 16.5. The van der Waals surface area contributed by atoms with Crippen molar-refractivity contribution in [3.05, 3.63) is 35.9 Å². The van der Waals surface area contributed by atoms with E-state index >= 15 is 0 Å². The van der Waals surface area contributed by atoms with Crippen molar-refractivity contribution in [2.24, 2.45) is 0 Å². The van der Waals surface area contributed by atoms with Crippen LogP contribution in [0.25, 0.3) is 0 Å². The van der Waals surface area contributed by atoms with Gasteiger partial charge in [-0.05, 0) is 25.5 Å². The Hall–Kier alpha value is -0.900. The number of ether oxygens (including phenoxy) is 1. The van der Waals surface area contributed by atoms with E-state index in [0.29, 0.717) is 13.2 Å². The number of rotatable bonds is 8. The number of likely N-dealkylation sites (N-methyl/N-ethyl adjacent to an activating group) is 1. The third kappa shape index (κ3) is 3.80. The molecule has 1 aromatic rings. The fourth-order valence-corrected chi connectivity index (χ4v) is 2.05. The molecule has 0 fully saturated rings. The van der Waals surface area contributed by atoms with E-state index in [0.717, 1.165) is 18.5 Å². The molecule has 1 atom stereocenters. The second-order valence-electron chi connectivity index (χ2n) is 4.08. The topological polar surface area (TPSA) is 41.5 Å². The van der Waals surface area contributed by atoms with Gasteiger partial charge in [-0.2, -0.15) is 0 Å². The first kappa shape index (κ1) is 14.2. The number of nitrogens with one attached hydrogen (secondary N) is 1. The lowest BCUT2D eigenvalue weighted by Gasteiger charge is -2.33. The Morgan fingerprint density at radius 2 is 1.94 bits per heavy atom. The molecular formula is C14H23NO2. The monoisotopic (exact) mass is 237 g/mol. The Labute approximate surface area is 104 Å². The third-order valence-electron chi connectivity index (χ3n) is 2.99. The molecular weight excluding hydrogens is 214 g/mol. The van der Waals surface area contributed by atoms with Crippen LogP contribution in [-0.4, -0.2) is 31.5 Å². The SMILES string of the molecule is CCNC(CO)(CCOCC)c1ccccc1. The van der Waals surface area contributed by atoms with E-state index in [1.165, 1.54) is 0 Å². The molecule has 0 aliphatic rings. The van der Waals surface area contributed by atoms with E-state index < -0.39 is 0 Å². The van der Waals surface area contributed by atoms with Crippen molar-refractivity contribution in [1.29, 1.82) is 0 Å². The van der Waals surface area contributed by atoms with Crippen LogP contribution in [0.1, 0.15) is 25.8 Å². The maximum absolute atomic E-state index is 9.74. The van der Waals surface area contributed by atoms with Crippen LogP contribution in [0.2, 0.25) is 0 Å². The fourth-order valence-electron chi connectivity index (χ4n) is 2.05. The maximum atomic E-state index is 9.74. The van der Waals surface area contributed by atoms with Crippen LogP contribution in [0, 0.1) is 0 Å². The molecule has 3 nitrogen and oxygen atoms in total. The summed E-state index contributed by atoms with van der Waals surface area (Å²) in [5, 5.41) is 13.1. The van der Waals surface area contributed by atoms with Gasteiger partial charge in [-0.15, -0.1) is 0 Å². The number of aliphatic hydroxyl groups is 1. The van der Waals surface area contributed by atoms with E-state index in [4.69, 9.17) is 4.74 Å². The van der Waals surface area contributed by atoms with E-state index in [2.05, 4.69) is 5.32 Å². The Bertz CT molecular complexity index is 302. The molecule has 0 aliphatic carbocycles. The number of hydrogen-bond acceptors (Lipinski definition) is 3. The van der Waals surface area contributed by atoms with Gasteiger partial charge in [-0.25, -0.2) is 0 Å². The standard InChI is InChI=1S/C14H23NO2/c1-3-15-14(12-16,10-11-17-4-2)13-8-6-5-7-9-13/h5-9,15-16H,3-4,10-12H2,1-2H3. The lowest BCUT2D eigenvalue weighted by molar-refractivity contribution is 0.0857. The van der Waals surface area contributed by atoms with Crippen molar-refractivity contribution in [3.63, 3.8) is 0 Å². The molecule has 0 aromatic heterocycles. The minimum absolute atomic E-state index is 0.0813. The van der Waals surface area contributed by atoms with E-state index in [9.17, 15) is 5.11 Å². The van der Waals surface area contributed by atoms with Crippen LogP contribution in [0.3, 0.4) is 0 Å². The fraction of sp³-hybridized carbons (Fsp3) is 0.571. The molecule has 96 valence electrons. The Kier molecular flexibility index (Phi) is 6.19. The summed E-state index contributed by atoms with van der Waals surface area (Å²) in [5.41, 5.74) is 0.731. The van der Waals surface area contributed by atoms with Crippen molar-refractivity contribution in [2.45, 2.75) is 25.8 Å². The molecule has 0 spiro atoms. The number of aliphatic hydroxyl groups excluding tert-OH is 1. The predicted molar refractivity (Wildman–Crippen MR) is 70.0 cm³/mol. The molecule has 0 heterocycles. The minimum atomic E-state index is -0.384. The molecule has 0 amide bonds. The molecule has 2 N–H and O–H groups in total. The van der Waals surface area contributed by atoms with Crippen LogP contribution in [0.5, 0.6) is 0 Å².